The zero-order chi connectivity index (χ0) is 28.7. The normalized spacial score (nSPS) is 12.4. The van der Waals surface area contributed by atoms with E-state index >= 15 is 0 Å². The molecular formula is C29H25F3N4O4. The third kappa shape index (κ3) is 7.13. The molecule has 0 fully saturated rings. The van der Waals surface area contributed by atoms with Crippen LogP contribution in [-0.2, 0) is 17.6 Å². The minimum absolute atomic E-state index is 0.0364. The van der Waals surface area contributed by atoms with Crippen molar-refractivity contribution in [3.05, 3.63) is 101 Å². The van der Waals surface area contributed by atoms with E-state index in [0.29, 0.717) is 24.2 Å². The molecule has 0 spiro atoms. The number of alkyl halides is 3. The Bertz CT molecular complexity index is 1500. The first-order valence-corrected chi connectivity index (χ1v) is 12.3. The highest BCUT2D eigenvalue weighted by molar-refractivity contribution is 5.98. The van der Waals surface area contributed by atoms with Gasteiger partial charge in [-0.05, 0) is 42.3 Å². The van der Waals surface area contributed by atoms with Gasteiger partial charge in [0.25, 0.3) is 11.8 Å². The van der Waals surface area contributed by atoms with Gasteiger partial charge < -0.3 is 20.7 Å². The first-order chi connectivity index (χ1) is 19.1. The van der Waals surface area contributed by atoms with Crippen LogP contribution in [-0.4, -0.2) is 52.1 Å². The second-order valence-corrected chi connectivity index (χ2v) is 8.88. The van der Waals surface area contributed by atoms with Gasteiger partial charge in [-0.25, -0.2) is 4.79 Å². The van der Waals surface area contributed by atoms with Crippen molar-refractivity contribution in [1.29, 1.82) is 0 Å². The van der Waals surface area contributed by atoms with Gasteiger partial charge in [-0.2, -0.15) is 13.2 Å². The molecule has 11 heteroatoms. The number of hydrogen-bond acceptors (Lipinski definition) is 4. The number of aromatic amines is 1. The fraction of sp³-hybridized carbons (Fsp3) is 0.172. The van der Waals surface area contributed by atoms with Crippen LogP contribution in [0, 0.1) is 0 Å². The number of carbonyl (C=O) groups is 3. The molecule has 5 rings (SSSR count). The van der Waals surface area contributed by atoms with Gasteiger partial charge in [-0.1, -0.05) is 42.5 Å². The summed E-state index contributed by atoms with van der Waals surface area (Å²) >= 11 is 0. The first-order valence-electron chi connectivity index (χ1n) is 12.3. The molecule has 0 radical (unpaired) electrons. The van der Waals surface area contributed by atoms with E-state index in [4.69, 9.17) is 9.90 Å². The van der Waals surface area contributed by atoms with Crippen LogP contribution >= 0.6 is 0 Å². The first kappa shape index (κ1) is 28.1. The number of amides is 2. The fourth-order valence-electron chi connectivity index (χ4n) is 4.06. The van der Waals surface area contributed by atoms with E-state index in [0.717, 1.165) is 41.1 Å². The average molecular weight is 551 g/mol. The lowest BCUT2D eigenvalue weighted by Crippen LogP contribution is -2.31. The number of nitrogens with zero attached hydrogens (tertiary/aromatic N) is 1. The van der Waals surface area contributed by atoms with Gasteiger partial charge in [-0.3, -0.25) is 14.6 Å². The molecule has 1 aliphatic rings. The molecule has 0 saturated carbocycles. The Balaban J connectivity index is 0.000000470. The molecule has 0 aliphatic carbocycles. The minimum atomic E-state index is -5.08. The van der Waals surface area contributed by atoms with Crippen LogP contribution in [0.25, 0.3) is 22.5 Å². The Morgan fingerprint density at radius 2 is 1.68 bits per heavy atom. The molecular weight excluding hydrogens is 525 g/mol. The number of hydrogen-bond donors (Lipinski definition) is 4. The predicted octanol–water partition coefficient (Wildman–Crippen LogP) is 4.64. The van der Waals surface area contributed by atoms with Crippen LogP contribution in [0.4, 0.5) is 13.2 Å². The topological polar surface area (TPSA) is 124 Å². The number of aromatic nitrogens is 2. The van der Waals surface area contributed by atoms with E-state index in [1.54, 1.807) is 6.20 Å². The summed E-state index contributed by atoms with van der Waals surface area (Å²) in [7, 11) is 0. The molecule has 40 heavy (non-hydrogen) atoms. The van der Waals surface area contributed by atoms with E-state index in [-0.39, 0.29) is 11.8 Å². The largest absolute Gasteiger partial charge is 0.490 e. The van der Waals surface area contributed by atoms with Gasteiger partial charge >= 0.3 is 12.1 Å². The van der Waals surface area contributed by atoms with Crippen molar-refractivity contribution < 1.29 is 32.7 Å². The molecule has 2 aromatic heterocycles. The number of H-pyrrole nitrogens is 1. The SMILES string of the molecule is O=C(NCCc1ccccc1)c1ccc(-c2cc(-c3cc4c([nH]3)CCNC4=O)ccn2)cc1.O=C(O)C(F)(F)F. The zero-order valence-corrected chi connectivity index (χ0v) is 21.1. The second kappa shape index (κ2) is 12.3. The summed E-state index contributed by atoms with van der Waals surface area (Å²) in [5, 5.41) is 13.0. The Labute approximate surface area is 227 Å². The number of fused-ring (bicyclic) bond motifs is 1. The number of aliphatic carboxylic acids is 1. The number of carboxylic acid groups (broad SMARTS) is 1. The van der Waals surface area contributed by atoms with Crippen molar-refractivity contribution >= 4 is 17.8 Å². The van der Waals surface area contributed by atoms with Gasteiger partial charge in [0.2, 0.25) is 0 Å². The fourth-order valence-corrected chi connectivity index (χ4v) is 4.06. The molecule has 2 amide bonds. The molecule has 206 valence electrons. The van der Waals surface area contributed by atoms with E-state index < -0.39 is 12.1 Å². The third-order valence-corrected chi connectivity index (χ3v) is 6.10. The van der Waals surface area contributed by atoms with Crippen LogP contribution in [0.1, 0.15) is 32.0 Å². The van der Waals surface area contributed by atoms with Crippen LogP contribution in [0.3, 0.4) is 0 Å². The van der Waals surface area contributed by atoms with E-state index in [9.17, 15) is 22.8 Å². The van der Waals surface area contributed by atoms with Crippen LogP contribution in [0.15, 0.2) is 79.0 Å². The predicted molar refractivity (Wildman–Crippen MR) is 142 cm³/mol. The van der Waals surface area contributed by atoms with E-state index in [1.165, 1.54) is 5.56 Å². The summed E-state index contributed by atoms with van der Waals surface area (Å²) in [6, 6.07) is 23.4. The van der Waals surface area contributed by atoms with Gasteiger partial charge in [-0.15, -0.1) is 0 Å². The van der Waals surface area contributed by atoms with Crippen LogP contribution in [0.2, 0.25) is 0 Å². The van der Waals surface area contributed by atoms with Gasteiger partial charge in [0.1, 0.15) is 0 Å². The summed E-state index contributed by atoms with van der Waals surface area (Å²) in [6.45, 7) is 1.24. The molecule has 0 atom stereocenters. The highest BCUT2D eigenvalue weighted by Gasteiger charge is 2.38. The molecule has 0 bridgehead atoms. The third-order valence-electron chi connectivity index (χ3n) is 6.10. The number of benzene rings is 2. The lowest BCUT2D eigenvalue weighted by molar-refractivity contribution is -0.192. The molecule has 3 heterocycles. The number of carboxylic acids is 1. The zero-order valence-electron chi connectivity index (χ0n) is 21.1. The maximum Gasteiger partial charge on any atom is 0.490 e. The summed E-state index contributed by atoms with van der Waals surface area (Å²) in [5.41, 5.74) is 7.08. The maximum absolute atomic E-state index is 12.5. The lowest BCUT2D eigenvalue weighted by Gasteiger charge is -2.11. The molecule has 1 aliphatic heterocycles. The van der Waals surface area contributed by atoms with Gasteiger partial charge in [0.15, 0.2) is 0 Å². The highest BCUT2D eigenvalue weighted by Crippen LogP contribution is 2.27. The van der Waals surface area contributed by atoms with Crippen molar-refractivity contribution in [1.82, 2.24) is 20.6 Å². The molecule has 0 unspecified atom stereocenters. The molecule has 0 saturated heterocycles. The Morgan fingerprint density at radius 3 is 2.33 bits per heavy atom. The Kier molecular flexibility index (Phi) is 8.63. The van der Waals surface area contributed by atoms with Gasteiger partial charge in [0, 0.05) is 53.8 Å². The van der Waals surface area contributed by atoms with Crippen molar-refractivity contribution in [3.63, 3.8) is 0 Å². The summed E-state index contributed by atoms with van der Waals surface area (Å²) < 4.78 is 31.7. The number of rotatable bonds is 6. The van der Waals surface area contributed by atoms with Gasteiger partial charge in [0.05, 0.1) is 11.3 Å². The summed E-state index contributed by atoms with van der Waals surface area (Å²) in [6.07, 6.45) is -1.73. The smallest absolute Gasteiger partial charge is 0.475 e. The molecule has 4 N–H and O–H groups in total. The summed E-state index contributed by atoms with van der Waals surface area (Å²) in [4.78, 5) is 41.3. The minimum Gasteiger partial charge on any atom is -0.475 e. The number of pyridine rings is 1. The number of halogens is 3. The average Bonchev–Trinajstić information content (AvgIpc) is 3.40. The lowest BCUT2D eigenvalue weighted by atomic mass is 10.0. The number of nitrogens with one attached hydrogen (secondary N) is 3. The monoisotopic (exact) mass is 550 g/mol. The quantitative estimate of drug-likeness (QED) is 0.279. The number of carbonyl (C=O) groups excluding carboxylic acids is 2. The molecule has 4 aromatic rings. The summed E-state index contributed by atoms with van der Waals surface area (Å²) in [5.74, 6) is -2.88. The Hall–Kier alpha value is -4.93. The maximum atomic E-state index is 12.5. The Morgan fingerprint density at radius 1 is 0.975 bits per heavy atom. The van der Waals surface area contributed by atoms with Crippen LogP contribution in [0.5, 0.6) is 0 Å². The second-order valence-electron chi connectivity index (χ2n) is 8.88. The molecule has 8 nitrogen and oxygen atoms in total. The van der Waals surface area contributed by atoms with E-state index in [2.05, 4.69) is 32.7 Å². The van der Waals surface area contributed by atoms with Crippen molar-refractivity contribution in [2.75, 3.05) is 13.1 Å². The van der Waals surface area contributed by atoms with Crippen molar-refractivity contribution in [2.45, 2.75) is 19.0 Å². The van der Waals surface area contributed by atoms with Crippen molar-refractivity contribution in [2.24, 2.45) is 0 Å². The van der Waals surface area contributed by atoms with E-state index in [1.807, 2.05) is 60.7 Å². The highest BCUT2D eigenvalue weighted by atomic mass is 19.4. The standard InChI is InChI=1S/C27H24N4O2.C2HF3O2/c32-26(29-13-10-18-4-2-1-3-5-18)20-8-6-19(7-9-20)24-16-21(11-14-28-24)25-17-22-23(31-25)12-15-30-27(22)33;3-2(4,5)1(6)7/h1-9,11,14,16-17,31H,10,12-13,15H2,(H,29,32)(H,30,33);(H,6,7). The molecule has 2 aromatic carbocycles. The van der Waals surface area contributed by atoms with Crippen LogP contribution < -0.4 is 10.6 Å². The van der Waals surface area contributed by atoms with Crippen molar-refractivity contribution in [3.8, 4) is 22.5 Å².